The van der Waals surface area contributed by atoms with E-state index in [1.54, 1.807) is 16.8 Å². The van der Waals surface area contributed by atoms with Crippen LogP contribution in [0.2, 0.25) is 0 Å². The Morgan fingerprint density at radius 2 is 1.77 bits per heavy atom. The van der Waals surface area contributed by atoms with Crippen molar-refractivity contribution in [2.24, 2.45) is 0 Å². The zero-order chi connectivity index (χ0) is 21.8. The van der Waals surface area contributed by atoms with Crippen molar-refractivity contribution in [2.45, 2.75) is 19.0 Å². The number of ether oxygens (including phenoxy) is 3. The number of hydrogen-bond acceptors (Lipinski definition) is 9. The lowest BCUT2D eigenvalue weighted by Gasteiger charge is -2.14. The molecule has 1 amide bonds. The van der Waals surface area contributed by atoms with Gasteiger partial charge in [0.1, 0.15) is 0 Å². The first-order chi connectivity index (χ1) is 14.4. The van der Waals surface area contributed by atoms with Gasteiger partial charge in [-0.3, -0.25) is 4.79 Å². The number of nitrogen functional groups attached to an aromatic ring is 1. The third-order valence-electron chi connectivity index (χ3n) is 4.13. The van der Waals surface area contributed by atoms with E-state index in [-0.39, 0.29) is 11.7 Å². The molecule has 1 aromatic carbocycles. The molecule has 0 aliphatic heterocycles. The molecule has 2 heterocycles. The third-order valence-corrected chi connectivity index (χ3v) is 5.07. The van der Waals surface area contributed by atoms with Crippen molar-refractivity contribution in [1.82, 2.24) is 24.7 Å². The smallest absolute Gasteiger partial charge is 0.271 e. The zero-order valence-corrected chi connectivity index (χ0v) is 18.1. The topological polar surface area (TPSA) is 131 Å². The summed E-state index contributed by atoms with van der Waals surface area (Å²) >= 11 is 1.15. The van der Waals surface area contributed by atoms with Crippen LogP contribution >= 0.6 is 11.8 Å². The molecule has 0 bridgehead atoms. The number of methoxy groups -OCH3 is 3. The molecule has 0 spiro atoms. The number of rotatable bonds is 8. The lowest BCUT2D eigenvalue weighted by molar-refractivity contribution is -0.113. The summed E-state index contributed by atoms with van der Waals surface area (Å²) < 4.78 is 18.8. The van der Waals surface area contributed by atoms with Crippen molar-refractivity contribution in [2.75, 3.05) is 38.2 Å². The molecule has 11 nitrogen and oxygen atoms in total. The number of amides is 1. The normalized spacial score (nSPS) is 10.7. The van der Waals surface area contributed by atoms with Gasteiger partial charge in [0.05, 0.1) is 32.8 Å². The van der Waals surface area contributed by atoms with Crippen LogP contribution in [-0.2, 0) is 4.79 Å². The molecule has 0 aliphatic rings. The van der Waals surface area contributed by atoms with Crippen LogP contribution in [0.15, 0.2) is 23.4 Å². The van der Waals surface area contributed by atoms with Crippen molar-refractivity contribution in [3.8, 4) is 23.2 Å². The minimum atomic E-state index is -0.259. The van der Waals surface area contributed by atoms with Crippen molar-refractivity contribution in [3.63, 3.8) is 0 Å². The maximum atomic E-state index is 12.4. The number of aryl methyl sites for hydroxylation is 2. The van der Waals surface area contributed by atoms with Gasteiger partial charge in [-0.25, -0.2) is 9.36 Å². The number of aromatic nitrogens is 5. The van der Waals surface area contributed by atoms with E-state index in [0.717, 1.165) is 23.1 Å². The van der Waals surface area contributed by atoms with E-state index in [9.17, 15) is 4.79 Å². The summed E-state index contributed by atoms with van der Waals surface area (Å²) in [4.78, 5) is 12.4. The van der Waals surface area contributed by atoms with E-state index >= 15 is 0 Å². The summed E-state index contributed by atoms with van der Waals surface area (Å²) in [5.41, 5.74) is 2.23. The largest absolute Gasteiger partial charge is 0.493 e. The Labute approximate surface area is 177 Å². The van der Waals surface area contributed by atoms with Gasteiger partial charge < -0.3 is 25.4 Å². The molecule has 0 atom stereocenters. The number of anilines is 1. The molecule has 0 unspecified atom stereocenters. The highest BCUT2D eigenvalue weighted by atomic mass is 32.2. The lowest BCUT2D eigenvalue weighted by Crippen LogP contribution is -2.18. The molecular formula is C18H23N7O4S. The Balaban J connectivity index is 1.69. The fraction of sp³-hybridized carbons (Fsp3) is 0.333. The minimum Gasteiger partial charge on any atom is -0.493 e. The van der Waals surface area contributed by atoms with Crippen molar-refractivity contribution in [1.29, 1.82) is 0 Å². The van der Waals surface area contributed by atoms with E-state index in [0.29, 0.717) is 34.0 Å². The number of thioether (sulfide) groups is 1. The average molecular weight is 433 g/mol. The molecule has 160 valence electrons. The molecule has 12 heteroatoms. The van der Waals surface area contributed by atoms with E-state index < -0.39 is 0 Å². The molecular weight excluding hydrogens is 410 g/mol. The van der Waals surface area contributed by atoms with Gasteiger partial charge in [0.25, 0.3) is 5.95 Å². The molecule has 3 N–H and O–H groups in total. The highest BCUT2D eigenvalue weighted by Gasteiger charge is 2.17. The Bertz CT molecular complexity index is 1040. The molecule has 0 radical (unpaired) electrons. The van der Waals surface area contributed by atoms with Crippen molar-refractivity contribution < 1.29 is 19.0 Å². The van der Waals surface area contributed by atoms with Crippen LogP contribution in [0.4, 0.5) is 5.69 Å². The summed E-state index contributed by atoms with van der Waals surface area (Å²) in [6, 6.07) is 5.21. The standard InChI is InChI=1S/C18H23N7O4S/c1-10-6-11(2)25(23-10)17-21-22-18(24(17)19)30-9-15(26)20-12-7-13(27-3)16(29-5)14(8-12)28-4/h6-8H,9,19H2,1-5H3,(H,20,26). The molecule has 3 rings (SSSR count). The van der Waals surface area contributed by atoms with Gasteiger partial charge in [-0.05, 0) is 19.9 Å². The zero-order valence-electron chi connectivity index (χ0n) is 17.3. The van der Waals surface area contributed by atoms with Crippen LogP contribution in [-0.4, -0.2) is 57.6 Å². The number of carbonyl (C=O) groups excluding carboxylic acids is 1. The second-order valence-electron chi connectivity index (χ2n) is 6.24. The molecule has 0 saturated heterocycles. The van der Waals surface area contributed by atoms with E-state index in [4.69, 9.17) is 20.1 Å². The molecule has 0 fully saturated rings. The van der Waals surface area contributed by atoms with E-state index in [1.807, 2.05) is 19.9 Å². The van der Waals surface area contributed by atoms with Gasteiger partial charge in [0.15, 0.2) is 11.5 Å². The highest BCUT2D eigenvalue weighted by Crippen LogP contribution is 2.39. The van der Waals surface area contributed by atoms with E-state index in [1.165, 1.54) is 26.0 Å². The summed E-state index contributed by atoms with van der Waals surface area (Å²) in [7, 11) is 4.53. The SMILES string of the molecule is COc1cc(NC(=O)CSc2nnc(-n3nc(C)cc3C)n2N)cc(OC)c1OC. The van der Waals surface area contributed by atoms with Gasteiger partial charge >= 0.3 is 0 Å². The van der Waals surface area contributed by atoms with Crippen molar-refractivity contribution in [3.05, 3.63) is 29.6 Å². The maximum absolute atomic E-state index is 12.4. The molecule has 0 aliphatic carbocycles. The Morgan fingerprint density at radius 1 is 1.10 bits per heavy atom. The summed E-state index contributed by atoms with van der Waals surface area (Å²) in [5.74, 6) is 7.60. The molecule has 2 aromatic heterocycles. The molecule has 0 saturated carbocycles. The number of hydrogen-bond donors (Lipinski definition) is 2. The third kappa shape index (κ3) is 4.27. The van der Waals surface area contributed by atoms with Gasteiger partial charge in [0.2, 0.25) is 16.8 Å². The van der Waals surface area contributed by atoms with Crippen LogP contribution in [0.25, 0.3) is 5.95 Å². The van der Waals surface area contributed by atoms with Gasteiger partial charge in [-0.2, -0.15) is 5.10 Å². The average Bonchev–Trinajstić information content (AvgIpc) is 3.25. The fourth-order valence-electron chi connectivity index (χ4n) is 2.82. The summed E-state index contributed by atoms with van der Waals surface area (Å²) in [6.45, 7) is 3.77. The first kappa shape index (κ1) is 21.3. The second kappa shape index (κ2) is 8.95. The number of carbonyl (C=O) groups is 1. The quantitative estimate of drug-likeness (QED) is 0.401. The maximum Gasteiger partial charge on any atom is 0.271 e. The summed E-state index contributed by atoms with van der Waals surface area (Å²) in [5, 5.41) is 15.7. The minimum absolute atomic E-state index is 0.0725. The Kier molecular flexibility index (Phi) is 6.35. The van der Waals surface area contributed by atoms with E-state index in [2.05, 4.69) is 20.6 Å². The van der Waals surface area contributed by atoms with Crippen LogP contribution in [0, 0.1) is 13.8 Å². The molecule has 3 aromatic rings. The number of nitrogens with zero attached hydrogens (tertiary/aromatic N) is 5. The Hall–Kier alpha value is -3.41. The number of nitrogens with two attached hydrogens (primary N) is 1. The second-order valence-corrected chi connectivity index (χ2v) is 7.18. The van der Waals surface area contributed by atoms with Crippen LogP contribution in [0.5, 0.6) is 17.2 Å². The van der Waals surface area contributed by atoms with Gasteiger partial charge in [-0.1, -0.05) is 11.8 Å². The number of benzene rings is 1. The molecule has 30 heavy (non-hydrogen) atoms. The predicted octanol–water partition coefficient (Wildman–Crippen LogP) is 1.55. The van der Waals surface area contributed by atoms with Crippen LogP contribution in [0.1, 0.15) is 11.4 Å². The highest BCUT2D eigenvalue weighted by molar-refractivity contribution is 7.99. The first-order valence-corrected chi connectivity index (χ1v) is 9.83. The number of nitrogens with one attached hydrogen (secondary N) is 1. The van der Waals surface area contributed by atoms with Crippen molar-refractivity contribution >= 4 is 23.4 Å². The van der Waals surface area contributed by atoms with Gasteiger partial charge in [0, 0.05) is 23.5 Å². The first-order valence-electron chi connectivity index (χ1n) is 8.84. The Morgan fingerprint density at radius 3 is 2.30 bits per heavy atom. The predicted molar refractivity (Wildman–Crippen MR) is 112 cm³/mol. The van der Waals surface area contributed by atoms with Crippen LogP contribution < -0.4 is 25.4 Å². The summed E-state index contributed by atoms with van der Waals surface area (Å²) in [6.07, 6.45) is 0. The van der Waals surface area contributed by atoms with Gasteiger partial charge in [-0.15, -0.1) is 10.2 Å². The lowest BCUT2D eigenvalue weighted by atomic mass is 10.2. The van der Waals surface area contributed by atoms with Crippen LogP contribution in [0.3, 0.4) is 0 Å². The fourth-order valence-corrected chi connectivity index (χ4v) is 3.48. The monoisotopic (exact) mass is 433 g/mol.